The molecule has 1 amide bonds. The second-order valence-electron chi connectivity index (χ2n) is 12.8. The average Bonchev–Trinajstić information content (AvgIpc) is 3.43. The van der Waals surface area contributed by atoms with Gasteiger partial charge in [0, 0.05) is 38.3 Å². The molecule has 264 valence electrons. The number of para-hydroxylation sites is 2. The van der Waals surface area contributed by atoms with Crippen molar-refractivity contribution in [2.75, 3.05) is 19.7 Å². The number of hydrogen-bond acceptors (Lipinski definition) is 6. The van der Waals surface area contributed by atoms with Crippen LogP contribution in [0.5, 0.6) is 0 Å². The van der Waals surface area contributed by atoms with Crippen LogP contribution >= 0.6 is 13.5 Å². The van der Waals surface area contributed by atoms with Crippen molar-refractivity contribution < 1.29 is 17.9 Å². The molecule has 1 aliphatic heterocycles. The molecule has 0 spiro atoms. The Labute approximate surface area is 301 Å². The molecule has 1 saturated heterocycles. The SMILES string of the molecule is CCCc1ccc(S(=O)(=O)n2c(=O)n(C3CCN(C(=O)OC[C@H](C)N(Cc4ccccc4)Cc4ccccc4)CC3)c3ccccc32)cc1.S. The van der Waals surface area contributed by atoms with E-state index in [1.165, 1.54) is 11.1 Å². The number of imidazole rings is 1. The van der Waals surface area contributed by atoms with Gasteiger partial charge in [0.25, 0.3) is 10.0 Å². The zero-order valence-corrected chi connectivity index (χ0v) is 30.5. The number of benzene rings is 4. The van der Waals surface area contributed by atoms with Crippen molar-refractivity contribution >= 4 is 40.6 Å². The van der Waals surface area contributed by atoms with Crippen molar-refractivity contribution in [3.63, 3.8) is 0 Å². The van der Waals surface area contributed by atoms with Gasteiger partial charge in [0.2, 0.25) is 0 Å². The first-order valence-corrected chi connectivity index (χ1v) is 18.5. The number of aryl methyl sites for hydroxylation is 1. The van der Waals surface area contributed by atoms with E-state index >= 15 is 0 Å². The molecule has 1 atom stereocenters. The molecule has 0 N–H and O–H groups in total. The quantitative estimate of drug-likeness (QED) is 0.139. The van der Waals surface area contributed by atoms with E-state index in [1.807, 2.05) is 36.4 Å². The van der Waals surface area contributed by atoms with Crippen molar-refractivity contribution in [3.05, 3.63) is 136 Å². The highest BCUT2D eigenvalue weighted by atomic mass is 32.2. The van der Waals surface area contributed by atoms with Crippen LogP contribution in [0.2, 0.25) is 0 Å². The number of likely N-dealkylation sites (tertiary alicyclic amines) is 1. The third kappa shape index (κ3) is 8.17. The lowest BCUT2D eigenvalue weighted by Gasteiger charge is -2.33. The molecule has 0 unspecified atom stereocenters. The molecule has 0 bridgehead atoms. The Morgan fingerprint density at radius 3 is 1.90 bits per heavy atom. The molecule has 9 nitrogen and oxygen atoms in total. The minimum atomic E-state index is -4.14. The standard InChI is InChI=1S/C39H44N4O5S.H2S/c1-3-12-31-19-21-35(22-20-31)49(46,47)43-37-18-11-10-17-36(37)42(38(43)44)34-23-25-40(26-24-34)39(45)48-29-30(2)41(27-32-13-6-4-7-14-32)28-33-15-8-5-9-16-33;/h4-11,13-22,30,34H,3,12,23-29H2,1-2H3;1H2/t30-;/m0./s1. The molecule has 4 aromatic carbocycles. The summed E-state index contributed by atoms with van der Waals surface area (Å²) in [5.74, 6) is 0. The van der Waals surface area contributed by atoms with Gasteiger partial charge in [-0.25, -0.2) is 18.0 Å². The molecule has 1 fully saturated rings. The molecule has 5 aromatic rings. The molecular weight excluding hydrogens is 669 g/mol. The summed E-state index contributed by atoms with van der Waals surface area (Å²) < 4.78 is 36.0. The van der Waals surface area contributed by atoms with E-state index in [-0.39, 0.29) is 43.2 Å². The lowest BCUT2D eigenvalue weighted by atomic mass is 10.0. The Bertz CT molecular complexity index is 1980. The largest absolute Gasteiger partial charge is 0.448 e. The monoisotopic (exact) mass is 714 g/mol. The first-order chi connectivity index (χ1) is 23.8. The Kier molecular flexibility index (Phi) is 12.3. The van der Waals surface area contributed by atoms with Crippen LogP contribution in [0.4, 0.5) is 4.79 Å². The molecule has 6 rings (SSSR count). The zero-order chi connectivity index (χ0) is 34.4. The van der Waals surface area contributed by atoms with Gasteiger partial charge in [-0.15, -0.1) is 0 Å². The van der Waals surface area contributed by atoms with Gasteiger partial charge in [0.05, 0.1) is 15.9 Å². The molecule has 2 heterocycles. The van der Waals surface area contributed by atoms with Crippen molar-refractivity contribution in [1.29, 1.82) is 0 Å². The highest BCUT2D eigenvalue weighted by Gasteiger charge is 2.31. The molecular formula is C39H46N4O5S2. The van der Waals surface area contributed by atoms with E-state index in [0.29, 0.717) is 37.0 Å². The van der Waals surface area contributed by atoms with Gasteiger partial charge in [-0.2, -0.15) is 17.5 Å². The van der Waals surface area contributed by atoms with Crippen LogP contribution in [0.1, 0.15) is 55.8 Å². The predicted molar refractivity (Wildman–Crippen MR) is 202 cm³/mol. The number of nitrogens with zero attached hydrogens (tertiary/aromatic N) is 4. The summed E-state index contributed by atoms with van der Waals surface area (Å²) >= 11 is 0. The number of ether oxygens (including phenoxy) is 1. The number of rotatable bonds is 12. The van der Waals surface area contributed by atoms with Gasteiger partial charge < -0.3 is 9.64 Å². The average molecular weight is 715 g/mol. The lowest BCUT2D eigenvalue weighted by Crippen LogP contribution is -2.43. The van der Waals surface area contributed by atoms with E-state index in [0.717, 1.165) is 35.5 Å². The molecule has 0 saturated carbocycles. The Morgan fingerprint density at radius 1 is 0.800 bits per heavy atom. The van der Waals surface area contributed by atoms with Gasteiger partial charge in [-0.1, -0.05) is 98.3 Å². The van der Waals surface area contributed by atoms with Crippen molar-refractivity contribution in [2.24, 2.45) is 0 Å². The molecule has 50 heavy (non-hydrogen) atoms. The van der Waals surface area contributed by atoms with E-state index in [4.69, 9.17) is 4.74 Å². The Balaban J connectivity index is 0.00000486. The van der Waals surface area contributed by atoms with E-state index in [2.05, 4.69) is 43.0 Å². The fraction of sp³-hybridized carbons (Fsp3) is 0.333. The number of piperidine rings is 1. The first-order valence-electron chi connectivity index (χ1n) is 17.1. The molecule has 1 aliphatic rings. The van der Waals surface area contributed by atoms with Gasteiger partial charge >= 0.3 is 11.8 Å². The molecule has 11 heteroatoms. The molecule has 0 aliphatic carbocycles. The van der Waals surface area contributed by atoms with Gasteiger partial charge in [-0.3, -0.25) is 9.47 Å². The number of hydrogen-bond donors (Lipinski definition) is 0. The number of carbonyl (C=O) groups is 1. The van der Waals surface area contributed by atoms with Crippen molar-refractivity contribution in [3.8, 4) is 0 Å². The lowest BCUT2D eigenvalue weighted by molar-refractivity contribution is 0.0567. The highest BCUT2D eigenvalue weighted by molar-refractivity contribution is 7.90. The molecule has 1 aromatic heterocycles. The zero-order valence-electron chi connectivity index (χ0n) is 28.6. The topological polar surface area (TPSA) is 93.8 Å². The smallest absolute Gasteiger partial charge is 0.409 e. The van der Waals surface area contributed by atoms with Crippen LogP contribution < -0.4 is 5.69 Å². The number of carbonyl (C=O) groups excluding carboxylic acids is 1. The predicted octanol–water partition coefficient (Wildman–Crippen LogP) is 6.97. The van der Waals surface area contributed by atoms with Crippen LogP contribution in [0.3, 0.4) is 0 Å². The van der Waals surface area contributed by atoms with Gasteiger partial charge in [0.1, 0.15) is 6.61 Å². The number of amides is 1. The fourth-order valence-electron chi connectivity index (χ4n) is 6.65. The van der Waals surface area contributed by atoms with E-state index in [9.17, 15) is 18.0 Å². The van der Waals surface area contributed by atoms with Crippen LogP contribution in [0, 0.1) is 0 Å². The maximum Gasteiger partial charge on any atom is 0.409 e. The number of fused-ring (bicyclic) bond motifs is 1. The van der Waals surface area contributed by atoms with Crippen molar-refractivity contribution in [1.82, 2.24) is 18.3 Å². The van der Waals surface area contributed by atoms with Crippen molar-refractivity contribution in [2.45, 2.75) is 69.6 Å². The maximum absolute atomic E-state index is 13.9. The third-order valence-corrected chi connectivity index (χ3v) is 11.1. The summed E-state index contributed by atoms with van der Waals surface area (Å²) in [7, 11) is -4.14. The maximum atomic E-state index is 13.9. The van der Waals surface area contributed by atoms with Crippen LogP contribution in [-0.2, 0) is 34.3 Å². The fourth-order valence-corrected chi connectivity index (χ4v) is 8.05. The summed E-state index contributed by atoms with van der Waals surface area (Å²) in [4.78, 5) is 31.3. The van der Waals surface area contributed by atoms with E-state index in [1.54, 1.807) is 58.0 Å². The second kappa shape index (κ2) is 16.6. The summed E-state index contributed by atoms with van der Waals surface area (Å²) in [6.07, 6.45) is 2.42. The third-order valence-electron chi connectivity index (χ3n) is 9.36. The van der Waals surface area contributed by atoms with Crippen LogP contribution in [-0.4, -0.2) is 58.6 Å². The minimum Gasteiger partial charge on any atom is -0.448 e. The minimum absolute atomic E-state index is 0. The normalized spacial score (nSPS) is 14.4. The van der Waals surface area contributed by atoms with Crippen LogP contribution in [0.15, 0.2) is 119 Å². The van der Waals surface area contributed by atoms with Crippen LogP contribution in [0.25, 0.3) is 11.0 Å². The van der Waals surface area contributed by atoms with Gasteiger partial charge in [-0.05, 0) is 67.1 Å². The Morgan fingerprint density at radius 2 is 1.34 bits per heavy atom. The number of aromatic nitrogens is 2. The Hall–Kier alpha value is -4.32. The highest BCUT2D eigenvalue weighted by Crippen LogP contribution is 2.28. The first kappa shape index (κ1) is 36.9. The van der Waals surface area contributed by atoms with Gasteiger partial charge in [0.15, 0.2) is 0 Å². The second-order valence-corrected chi connectivity index (χ2v) is 14.6. The summed E-state index contributed by atoms with van der Waals surface area (Å²) in [5.41, 5.74) is 3.74. The summed E-state index contributed by atoms with van der Waals surface area (Å²) in [6.45, 7) is 6.62. The molecule has 0 radical (unpaired) electrons. The summed E-state index contributed by atoms with van der Waals surface area (Å²) in [6, 6.07) is 34.0. The van der Waals surface area contributed by atoms with E-state index < -0.39 is 15.7 Å². The summed E-state index contributed by atoms with van der Waals surface area (Å²) in [5, 5.41) is 0.